The first-order chi connectivity index (χ1) is 11.7. The first kappa shape index (κ1) is 16.4. The highest BCUT2D eigenvalue weighted by Gasteiger charge is 2.39. The van der Waals surface area contributed by atoms with Crippen molar-refractivity contribution in [2.75, 3.05) is 38.2 Å². The molecule has 3 aliphatic rings. The fraction of sp³-hybridized carbons (Fsp3) is 0.812. The topological polar surface area (TPSA) is 76.6 Å². The van der Waals surface area contributed by atoms with Crippen LogP contribution in [0.2, 0.25) is 0 Å². The van der Waals surface area contributed by atoms with Crippen molar-refractivity contribution in [3.63, 3.8) is 0 Å². The second kappa shape index (κ2) is 7.03. The molecule has 3 fully saturated rings. The van der Waals surface area contributed by atoms with Crippen molar-refractivity contribution < 1.29 is 14.3 Å². The van der Waals surface area contributed by atoms with Crippen molar-refractivity contribution >= 4 is 22.4 Å². The first-order valence-electron chi connectivity index (χ1n) is 8.84. The number of aromatic nitrogens is 2. The van der Waals surface area contributed by atoms with E-state index in [0.717, 1.165) is 57.0 Å². The Balaban J connectivity index is 1.30. The molecule has 7 nitrogen and oxygen atoms in total. The molecule has 0 aromatic carbocycles. The number of rotatable bonds is 4. The maximum absolute atomic E-state index is 12.3. The van der Waals surface area contributed by atoms with Gasteiger partial charge in [-0.25, -0.2) is 0 Å². The standard InChI is InChI=1S/C16H24N4O3S/c21-13(10-20-7-9-23-16(11-20)5-1-2-6-16)17-15-19-18-14(24-15)12-4-3-8-22-12/h12H,1-11H2,(H,17,19,21)/t12-/m1/s1. The Morgan fingerprint density at radius 1 is 1.29 bits per heavy atom. The SMILES string of the molecule is O=C(CN1CCOC2(CCCC2)C1)Nc1nnc([C@H]2CCCO2)s1. The number of hydrogen-bond donors (Lipinski definition) is 1. The average Bonchev–Trinajstić information content (AvgIpc) is 3.28. The third-order valence-electron chi connectivity index (χ3n) is 5.10. The third-order valence-corrected chi connectivity index (χ3v) is 6.03. The summed E-state index contributed by atoms with van der Waals surface area (Å²) in [6.45, 7) is 3.56. The molecule has 132 valence electrons. The molecule has 1 amide bonds. The van der Waals surface area contributed by atoms with Crippen LogP contribution in [-0.4, -0.2) is 59.5 Å². The van der Waals surface area contributed by atoms with E-state index in [9.17, 15) is 4.79 Å². The second-order valence-corrected chi connectivity index (χ2v) is 7.95. The minimum Gasteiger partial charge on any atom is -0.372 e. The molecule has 0 unspecified atom stereocenters. The second-order valence-electron chi connectivity index (χ2n) is 6.94. The van der Waals surface area contributed by atoms with Gasteiger partial charge < -0.3 is 9.47 Å². The third kappa shape index (κ3) is 3.61. The Hall–Kier alpha value is -1.09. The molecule has 3 heterocycles. The average molecular weight is 352 g/mol. The minimum atomic E-state index is -0.0277. The van der Waals surface area contributed by atoms with E-state index in [1.54, 1.807) is 0 Å². The molecule has 1 spiro atoms. The van der Waals surface area contributed by atoms with E-state index < -0.39 is 0 Å². The van der Waals surface area contributed by atoms with Gasteiger partial charge in [-0.15, -0.1) is 10.2 Å². The van der Waals surface area contributed by atoms with E-state index in [1.807, 2.05) is 0 Å². The van der Waals surface area contributed by atoms with Crippen molar-refractivity contribution in [1.82, 2.24) is 15.1 Å². The Morgan fingerprint density at radius 2 is 2.17 bits per heavy atom. The Kier molecular flexibility index (Phi) is 4.80. The number of carbonyl (C=O) groups is 1. The summed E-state index contributed by atoms with van der Waals surface area (Å²) in [7, 11) is 0. The molecule has 1 aromatic rings. The number of ether oxygens (including phenoxy) is 2. The smallest absolute Gasteiger partial charge is 0.240 e. The predicted molar refractivity (Wildman–Crippen MR) is 90.1 cm³/mol. The summed E-state index contributed by atoms with van der Waals surface area (Å²) in [5, 5.41) is 12.5. The number of anilines is 1. The maximum Gasteiger partial charge on any atom is 0.240 e. The number of nitrogens with zero attached hydrogens (tertiary/aromatic N) is 3. The highest BCUT2D eigenvalue weighted by atomic mass is 32.1. The predicted octanol–water partition coefficient (Wildman–Crippen LogP) is 1.97. The fourth-order valence-corrected chi connectivity index (χ4v) is 4.77. The van der Waals surface area contributed by atoms with Gasteiger partial charge in [0.15, 0.2) is 0 Å². The van der Waals surface area contributed by atoms with E-state index in [4.69, 9.17) is 9.47 Å². The van der Waals surface area contributed by atoms with Gasteiger partial charge in [0.1, 0.15) is 11.1 Å². The van der Waals surface area contributed by atoms with Crippen LogP contribution in [0.4, 0.5) is 5.13 Å². The zero-order valence-electron chi connectivity index (χ0n) is 13.8. The summed E-state index contributed by atoms with van der Waals surface area (Å²) in [6.07, 6.45) is 6.80. The minimum absolute atomic E-state index is 0.00571. The lowest BCUT2D eigenvalue weighted by Crippen LogP contribution is -2.52. The van der Waals surface area contributed by atoms with Gasteiger partial charge in [-0.1, -0.05) is 24.2 Å². The molecule has 0 radical (unpaired) electrons. The molecule has 1 atom stereocenters. The first-order valence-corrected chi connectivity index (χ1v) is 9.65. The molecule has 2 saturated heterocycles. The van der Waals surface area contributed by atoms with E-state index in [0.29, 0.717) is 11.7 Å². The lowest BCUT2D eigenvalue weighted by Gasteiger charge is -2.40. The zero-order chi connectivity index (χ0) is 16.4. The van der Waals surface area contributed by atoms with E-state index in [1.165, 1.54) is 24.2 Å². The zero-order valence-corrected chi connectivity index (χ0v) is 14.6. The van der Waals surface area contributed by atoms with Crippen molar-refractivity contribution in [2.24, 2.45) is 0 Å². The summed E-state index contributed by atoms with van der Waals surface area (Å²) in [5.74, 6) is -0.0277. The molecule has 0 bridgehead atoms. The number of morpholine rings is 1. The van der Waals surface area contributed by atoms with E-state index >= 15 is 0 Å². The Morgan fingerprint density at radius 3 is 2.96 bits per heavy atom. The Bertz CT molecular complexity index is 582. The van der Waals surface area contributed by atoms with Crippen LogP contribution in [0.15, 0.2) is 0 Å². The molecule has 2 aliphatic heterocycles. The lowest BCUT2D eigenvalue weighted by molar-refractivity contribution is -0.126. The van der Waals surface area contributed by atoms with E-state index in [2.05, 4.69) is 20.4 Å². The monoisotopic (exact) mass is 352 g/mol. The summed E-state index contributed by atoms with van der Waals surface area (Å²) < 4.78 is 11.6. The molecule has 4 rings (SSSR count). The molecule has 1 N–H and O–H groups in total. The van der Waals surface area contributed by atoms with Gasteiger partial charge in [-0.3, -0.25) is 15.0 Å². The van der Waals surface area contributed by atoms with Crippen molar-refractivity contribution in [3.05, 3.63) is 5.01 Å². The van der Waals surface area contributed by atoms with Crippen LogP contribution in [-0.2, 0) is 14.3 Å². The molecule has 1 aliphatic carbocycles. The van der Waals surface area contributed by atoms with Gasteiger partial charge in [0.05, 0.1) is 18.8 Å². The summed E-state index contributed by atoms with van der Waals surface area (Å²) in [6, 6.07) is 0. The fourth-order valence-electron chi connectivity index (χ4n) is 3.93. The van der Waals surface area contributed by atoms with Crippen LogP contribution in [0, 0.1) is 0 Å². The molecule has 8 heteroatoms. The van der Waals surface area contributed by atoms with Crippen molar-refractivity contribution in [1.29, 1.82) is 0 Å². The normalized spacial score (nSPS) is 26.9. The van der Waals surface area contributed by atoms with Gasteiger partial charge in [0.2, 0.25) is 11.0 Å². The highest BCUT2D eigenvalue weighted by Crippen LogP contribution is 2.36. The highest BCUT2D eigenvalue weighted by molar-refractivity contribution is 7.15. The molecular weight excluding hydrogens is 328 g/mol. The van der Waals surface area contributed by atoms with Crippen LogP contribution in [0.1, 0.15) is 49.6 Å². The van der Waals surface area contributed by atoms with Crippen molar-refractivity contribution in [2.45, 2.75) is 50.2 Å². The maximum atomic E-state index is 12.3. The molecule has 1 saturated carbocycles. The number of hydrogen-bond acceptors (Lipinski definition) is 7. The van der Waals surface area contributed by atoms with Gasteiger partial charge >= 0.3 is 0 Å². The molecular formula is C16H24N4O3S. The number of amides is 1. The number of nitrogens with one attached hydrogen (secondary N) is 1. The van der Waals surface area contributed by atoms with Gasteiger partial charge in [0.25, 0.3) is 0 Å². The largest absolute Gasteiger partial charge is 0.372 e. The van der Waals surface area contributed by atoms with Gasteiger partial charge in [-0.05, 0) is 25.7 Å². The Labute approximate surface area is 145 Å². The molecule has 1 aromatic heterocycles. The molecule has 24 heavy (non-hydrogen) atoms. The van der Waals surface area contributed by atoms with Gasteiger partial charge in [-0.2, -0.15) is 0 Å². The van der Waals surface area contributed by atoms with Crippen LogP contribution in [0.5, 0.6) is 0 Å². The summed E-state index contributed by atoms with van der Waals surface area (Å²) in [4.78, 5) is 14.5. The van der Waals surface area contributed by atoms with Crippen molar-refractivity contribution in [3.8, 4) is 0 Å². The van der Waals surface area contributed by atoms with Gasteiger partial charge in [0, 0.05) is 19.7 Å². The van der Waals surface area contributed by atoms with Crippen LogP contribution < -0.4 is 5.32 Å². The van der Waals surface area contributed by atoms with Crippen LogP contribution in [0.3, 0.4) is 0 Å². The van der Waals surface area contributed by atoms with E-state index in [-0.39, 0.29) is 17.6 Å². The quantitative estimate of drug-likeness (QED) is 0.893. The number of carbonyl (C=O) groups excluding carboxylic acids is 1. The van der Waals surface area contributed by atoms with Crippen LogP contribution in [0.25, 0.3) is 0 Å². The summed E-state index contributed by atoms with van der Waals surface area (Å²) in [5.41, 5.74) is -0.00571. The summed E-state index contributed by atoms with van der Waals surface area (Å²) >= 11 is 1.42. The lowest BCUT2D eigenvalue weighted by atomic mass is 10.00. The van der Waals surface area contributed by atoms with Crippen LogP contribution >= 0.6 is 11.3 Å².